The van der Waals surface area contributed by atoms with E-state index in [9.17, 15) is 4.79 Å². The third kappa shape index (κ3) is 3.91. The molecule has 1 heterocycles. The van der Waals surface area contributed by atoms with E-state index in [0.29, 0.717) is 11.3 Å². The highest BCUT2D eigenvalue weighted by molar-refractivity contribution is 7.31. The van der Waals surface area contributed by atoms with Gasteiger partial charge in [0.05, 0.1) is 5.56 Å². The molecule has 0 atom stereocenters. The molecule has 3 aromatic rings. The number of carbonyl (C=O) groups excluding carboxylic acids is 1. The van der Waals surface area contributed by atoms with Crippen LogP contribution in [0.1, 0.15) is 21.2 Å². The Kier molecular flexibility index (Phi) is 4.92. The second-order valence-corrected chi connectivity index (χ2v) is 5.80. The van der Waals surface area contributed by atoms with Crippen molar-refractivity contribution in [2.45, 2.75) is 0 Å². The number of rotatable bonds is 4. The predicted molar refractivity (Wildman–Crippen MR) is 92.9 cm³/mol. The molecule has 3 rings (SSSR count). The Morgan fingerprint density at radius 3 is 2.00 bits per heavy atom. The summed E-state index contributed by atoms with van der Waals surface area (Å²) in [6.45, 7) is 0. The summed E-state index contributed by atoms with van der Waals surface area (Å²) < 4.78 is 0. The maximum atomic E-state index is 12.1. The van der Waals surface area contributed by atoms with Gasteiger partial charge in [-0.1, -0.05) is 74.0 Å². The van der Waals surface area contributed by atoms with Crippen molar-refractivity contribution in [3.8, 4) is 0 Å². The zero-order chi connectivity index (χ0) is 15.9. The Hall–Kier alpha value is -2.77. The van der Waals surface area contributed by atoms with E-state index in [4.69, 9.17) is 4.84 Å². The Labute approximate surface area is 136 Å². The van der Waals surface area contributed by atoms with Gasteiger partial charge in [-0.2, -0.15) is 0 Å². The van der Waals surface area contributed by atoms with Crippen molar-refractivity contribution in [3.05, 3.63) is 101 Å². The van der Waals surface area contributed by atoms with Gasteiger partial charge >= 0.3 is 5.97 Å². The van der Waals surface area contributed by atoms with Crippen LogP contribution in [0.4, 0.5) is 0 Å². The van der Waals surface area contributed by atoms with Crippen LogP contribution in [0.15, 0.2) is 89.8 Å². The normalized spacial score (nSPS) is 11.4. The second kappa shape index (κ2) is 7.48. The van der Waals surface area contributed by atoms with E-state index < -0.39 is 5.97 Å². The van der Waals surface area contributed by atoms with Crippen molar-refractivity contribution in [2.24, 2.45) is 5.16 Å². The quantitative estimate of drug-likeness (QED) is 0.391. The molecule has 0 fully saturated rings. The topological polar surface area (TPSA) is 38.7 Å². The van der Waals surface area contributed by atoms with Gasteiger partial charge in [-0.25, -0.2) is 4.79 Å². The fourth-order valence-electron chi connectivity index (χ4n) is 2.06. The molecule has 1 aromatic heterocycles. The number of hydrogen-bond acceptors (Lipinski definition) is 3. The third-order valence-electron chi connectivity index (χ3n) is 3.18. The average molecular weight is 319 g/mol. The molecule has 0 spiro atoms. The fraction of sp³-hybridized carbons (Fsp3) is 0. The smallest absolute Gasteiger partial charge is 0.312 e. The molecule has 3 nitrogen and oxygen atoms in total. The molecule has 2 aromatic carbocycles. The van der Waals surface area contributed by atoms with E-state index in [1.807, 2.05) is 60.4 Å². The first-order chi connectivity index (χ1) is 11.3. The number of benzene rings is 2. The van der Waals surface area contributed by atoms with E-state index in [-0.39, 0.29) is 0 Å². The zero-order valence-corrected chi connectivity index (χ0v) is 13.2. The summed E-state index contributed by atoms with van der Waals surface area (Å²) in [6, 6.07) is 24.4. The van der Waals surface area contributed by atoms with Crippen LogP contribution in [0.2, 0.25) is 0 Å². The first-order valence-corrected chi connectivity index (χ1v) is 8.12. The van der Waals surface area contributed by atoms with Gasteiger partial charge in [-0.15, -0.1) is 0 Å². The lowest BCUT2D eigenvalue weighted by Gasteiger charge is -2.06. The summed E-state index contributed by atoms with van der Waals surface area (Å²) in [4.78, 5) is 17.3. The van der Waals surface area contributed by atoms with Crippen LogP contribution in [0.5, 0.6) is 0 Å². The minimum absolute atomic E-state index is 0.466. The van der Waals surface area contributed by atoms with Gasteiger partial charge in [-0.3, -0.25) is 0 Å². The second-order valence-electron chi connectivity index (χ2n) is 4.77. The first-order valence-electron chi connectivity index (χ1n) is 7.16. The van der Waals surface area contributed by atoms with Crippen molar-refractivity contribution in [1.29, 1.82) is 0 Å². The van der Waals surface area contributed by atoms with Gasteiger partial charge in [0.2, 0.25) is 0 Å². The molecular weight excluding hydrogens is 305 g/mol. The van der Waals surface area contributed by atoms with Gasteiger partial charge in [0, 0.05) is 10.9 Å². The van der Waals surface area contributed by atoms with Crippen LogP contribution in [-0.4, -0.2) is 11.7 Å². The molecule has 0 aliphatic carbocycles. The molecular formula is C19H14NO2P. The minimum atomic E-state index is -0.466. The van der Waals surface area contributed by atoms with E-state index in [0.717, 1.165) is 19.1 Å². The van der Waals surface area contributed by atoms with Gasteiger partial charge in [0.1, 0.15) is 5.71 Å². The Bertz CT molecular complexity index is 761. The van der Waals surface area contributed by atoms with Crippen LogP contribution in [-0.2, 0) is 4.84 Å². The van der Waals surface area contributed by atoms with Crippen molar-refractivity contribution in [2.75, 3.05) is 0 Å². The summed E-state index contributed by atoms with van der Waals surface area (Å²) in [5.41, 5.74) is 2.05. The molecule has 0 saturated carbocycles. The highest BCUT2D eigenvalue weighted by atomic mass is 31.0. The number of oxime groups is 1. The lowest BCUT2D eigenvalue weighted by atomic mass is 10.1. The molecule has 0 N–H and O–H groups in total. The van der Waals surface area contributed by atoms with Gasteiger partial charge in [0.15, 0.2) is 0 Å². The lowest BCUT2D eigenvalue weighted by molar-refractivity contribution is 0.0517. The summed E-state index contributed by atoms with van der Waals surface area (Å²) >= 11 is 0. The lowest BCUT2D eigenvalue weighted by Crippen LogP contribution is -2.06. The number of hydrogen-bond donors (Lipinski definition) is 0. The standard InChI is InChI=1S/C19H14NO2P/c21-19(16-11-5-2-6-12-16)22-20-18(15-9-3-1-4-10-15)17-13-7-8-14-23-17/h1-14H/b20-18+. The summed E-state index contributed by atoms with van der Waals surface area (Å²) in [6.07, 6.45) is 0. The molecule has 0 saturated heterocycles. The van der Waals surface area contributed by atoms with Crippen molar-refractivity contribution < 1.29 is 9.63 Å². The molecule has 0 bridgehead atoms. The van der Waals surface area contributed by atoms with E-state index in [1.165, 1.54) is 0 Å². The number of nitrogens with zero attached hydrogens (tertiary/aromatic N) is 1. The van der Waals surface area contributed by atoms with Crippen molar-refractivity contribution in [3.63, 3.8) is 0 Å². The molecule has 112 valence electrons. The Morgan fingerprint density at radius 2 is 1.39 bits per heavy atom. The molecule has 0 aliphatic rings. The fourth-order valence-corrected chi connectivity index (χ4v) is 2.87. The maximum absolute atomic E-state index is 12.1. The van der Waals surface area contributed by atoms with Crippen LogP contribution < -0.4 is 0 Å². The Morgan fingerprint density at radius 1 is 0.783 bits per heavy atom. The highest BCUT2D eigenvalue weighted by Crippen LogP contribution is 2.19. The molecule has 0 aliphatic heterocycles. The predicted octanol–water partition coefficient (Wildman–Crippen LogP) is 4.88. The summed E-state index contributed by atoms with van der Waals surface area (Å²) in [5.74, 6) is 1.55. The van der Waals surface area contributed by atoms with Crippen LogP contribution >= 0.6 is 8.19 Å². The average Bonchev–Trinajstić information content (AvgIpc) is 2.64. The molecule has 4 heteroatoms. The van der Waals surface area contributed by atoms with Crippen LogP contribution in [0.25, 0.3) is 0 Å². The van der Waals surface area contributed by atoms with E-state index >= 15 is 0 Å². The first kappa shape index (κ1) is 15.1. The molecule has 0 amide bonds. The highest BCUT2D eigenvalue weighted by Gasteiger charge is 2.11. The SMILES string of the molecule is O=C(O/N=C(\c1ccccc1)c1ccccp1)c1ccccc1. The van der Waals surface area contributed by atoms with Gasteiger partial charge in [0.25, 0.3) is 0 Å². The van der Waals surface area contributed by atoms with E-state index in [1.54, 1.807) is 24.3 Å². The maximum Gasteiger partial charge on any atom is 0.365 e. The summed E-state index contributed by atoms with van der Waals surface area (Å²) in [7, 11) is 1.02. The van der Waals surface area contributed by atoms with Crippen LogP contribution in [0.3, 0.4) is 0 Å². The third-order valence-corrected chi connectivity index (χ3v) is 4.14. The van der Waals surface area contributed by atoms with Crippen molar-refractivity contribution >= 4 is 19.9 Å². The Balaban J connectivity index is 1.91. The largest absolute Gasteiger partial charge is 0.365 e. The van der Waals surface area contributed by atoms with Crippen molar-refractivity contribution in [1.82, 2.24) is 0 Å². The van der Waals surface area contributed by atoms with Gasteiger partial charge < -0.3 is 4.84 Å². The minimum Gasteiger partial charge on any atom is -0.312 e. The van der Waals surface area contributed by atoms with E-state index in [2.05, 4.69) is 5.16 Å². The monoisotopic (exact) mass is 319 g/mol. The zero-order valence-electron chi connectivity index (χ0n) is 12.3. The molecule has 0 unspecified atom stereocenters. The van der Waals surface area contributed by atoms with Crippen LogP contribution in [0, 0.1) is 0 Å². The number of carbonyl (C=O) groups is 1. The van der Waals surface area contributed by atoms with Gasteiger partial charge in [-0.05, 0) is 24.0 Å². The summed E-state index contributed by atoms with van der Waals surface area (Å²) in [5, 5.41) is 5.12. The molecule has 23 heavy (non-hydrogen) atoms. The molecule has 0 radical (unpaired) electrons.